The van der Waals surface area contributed by atoms with Crippen molar-refractivity contribution >= 4 is 5.91 Å². The molecule has 0 spiro atoms. The molecule has 0 fully saturated rings. The van der Waals surface area contributed by atoms with Crippen molar-refractivity contribution in [1.82, 2.24) is 20.3 Å². The number of aryl methyl sites for hydroxylation is 2. The van der Waals surface area contributed by atoms with Gasteiger partial charge in [-0.3, -0.25) is 9.48 Å². The molecule has 2 aromatic heterocycles. The van der Waals surface area contributed by atoms with Crippen LogP contribution in [0, 0.1) is 11.3 Å². The van der Waals surface area contributed by atoms with E-state index in [2.05, 4.69) is 36.3 Å². The Balaban J connectivity index is 1.77. The highest BCUT2D eigenvalue weighted by Crippen LogP contribution is 2.38. The highest BCUT2D eigenvalue weighted by Gasteiger charge is 2.34. The van der Waals surface area contributed by atoms with E-state index < -0.39 is 0 Å². The van der Waals surface area contributed by atoms with Crippen molar-refractivity contribution in [3.8, 4) is 0 Å². The Morgan fingerprint density at radius 3 is 2.92 bits per heavy atom. The Morgan fingerprint density at radius 2 is 2.24 bits per heavy atom. The number of fused-ring (bicyclic) bond motifs is 1. The maximum atomic E-state index is 12.8. The molecular weight excluding hydrogens is 316 g/mol. The number of hydrogen-bond donors (Lipinski definition) is 1. The summed E-state index contributed by atoms with van der Waals surface area (Å²) in [6, 6.07) is 1.80. The molecule has 6 heteroatoms. The van der Waals surface area contributed by atoms with Gasteiger partial charge in [-0.1, -0.05) is 25.9 Å². The Kier molecular flexibility index (Phi) is 4.71. The molecule has 2 heterocycles. The van der Waals surface area contributed by atoms with Crippen molar-refractivity contribution in [2.75, 3.05) is 0 Å². The van der Waals surface area contributed by atoms with Crippen LogP contribution in [0.2, 0.25) is 0 Å². The van der Waals surface area contributed by atoms with Crippen molar-refractivity contribution in [2.45, 2.75) is 66.5 Å². The fourth-order valence-electron chi connectivity index (χ4n) is 3.64. The molecule has 0 aliphatic heterocycles. The third-order valence-electron chi connectivity index (χ3n) is 5.32. The van der Waals surface area contributed by atoms with Gasteiger partial charge in [-0.15, -0.1) is 0 Å². The lowest BCUT2D eigenvalue weighted by atomic mass is 9.71. The van der Waals surface area contributed by atoms with E-state index >= 15 is 0 Å². The summed E-state index contributed by atoms with van der Waals surface area (Å²) in [5, 5.41) is 11.4. The Labute approximate surface area is 149 Å². The minimum atomic E-state index is -0.170. The molecule has 0 saturated heterocycles. The summed E-state index contributed by atoms with van der Waals surface area (Å²) in [5.41, 5.74) is 2.63. The lowest BCUT2D eigenvalue weighted by Gasteiger charge is -2.33. The second-order valence-electron chi connectivity index (χ2n) is 8.01. The van der Waals surface area contributed by atoms with Crippen molar-refractivity contribution in [3.63, 3.8) is 0 Å². The fourth-order valence-corrected chi connectivity index (χ4v) is 3.64. The van der Waals surface area contributed by atoms with Crippen LogP contribution in [0.4, 0.5) is 0 Å². The van der Waals surface area contributed by atoms with Gasteiger partial charge in [-0.05, 0) is 44.1 Å². The van der Waals surface area contributed by atoms with E-state index in [9.17, 15) is 4.79 Å². The maximum absolute atomic E-state index is 12.8. The van der Waals surface area contributed by atoms with E-state index in [1.54, 1.807) is 6.20 Å². The first-order chi connectivity index (χ1) is 11.8. The summed E-state index contributed by atoms with van der Waals surface area (Å²) in [7, 11) is 0. The van der Waals surface area contributed by atoms with Crippen LogP contribution in [0.25, 0.3) is 0 Å². The number of carbonyl (C=O) groups excluding carboxylic acids is 1. The molecule has 1 amide bonds. The molecule has 3 rings (SSSR count). The molecule has 0 saturated carbocycles. The molecule has 0 radical (unpaired) electrons. The van der Waals surface area contributed by atoms with Crippen molar-refractivity contribution in [3.05, 3.63) is 35.0 Å². The minimum Gasteiger partial charge on any atom is -0.360 e. The largest absolute Gasteiger partial charge is 0.360 e. The Morgan fingerprint density at radius 1 is 1.48 bits per heavy atom. The summed E-state index contributed by atoms with van der Waals surface area (Å²) in [6.45, 7) is 11.5. The van der Waals surface area contributed by atoms with Crippen molar-refractivity contribution < 1.29 is 9.32 Å². The van der Waals surface area contributed by atoms with Crippen LogP contribution in [-0.4, -0.2) is 20.8 Å². The molecule has 136 valence electrons. The molecule has 0 bridgehead atoms. The lowest BCUT2D eigenvalue weighted by molar-refractivity contribution is 0.0927. The molecule has 2 unspecified atom stereocenters. The number of nitrogens with one attached hydrogen (secondary N) is 1. The first kappa shape index (κ1) is 17.7. The zero-order valence-electron chi connectivity index (χ0n) is 15.8. The van der Waals surface area contributed by atoms with E-state index in [1.807, 2.05) is 24.6 Å². The van der Waals surface area contributed by atoms with Gasteiger partial charge in [0.15, 0.2) is 5.69 Å². The van der Waals surface area contributed by atoms with E-state index in [0.717, 1.165) is 42.8 Å². The van der Waals surface area contributed by atoms with Crippen LogP contribution >= 0.6 is 0 Å². The monoisotopic (exact) mass is 344 g/mol. The first-order valence-corrected chi connectivity index (χ1v) is 9.11. The number of rotatable bonds is 4. The third kappa shape index (κ3) is 3.48. The predicted octanol–water partition coefficient (Wildman–Crippen LogP) is 3.53. The van der Waals surface area contributed by atoms with Crippen molar-refractivity contribution in [2.24, 2.45) is 11.3 Å². The van der Waals surface area contributed by atoms with Crippen LogP contribution in [0.15, 0.2) is 16.8 Å². The zero-order chi connectivity index (χ0) is 18.2. The number of nitrogens with zero attached hydrogens (tertiary/aromatic N) is 3. The molecule has 0 aromatic carbocycles. The molecule has 1 aliphatic rings. The SMILES string of the molecule is CCn1nccc1C(C)NC(=O)c1noc2c1CC(C(C)(C)C)CC2. The molecule has 25 heavy (non-hydrogen) atoms. The highest BCUT2D eigenvalue weighted by atomic mass is 16.5. The number of hydrogen-bond acceptors (Lipinski definition) is 4. The van der Waals surface area contributed by atoms with E-state index in [4.69, 9.17) is 4.52 Å². The Hall–Kier alpha value is -2.11. The Bertz CT molecular complexity index is 754. The predicted molar refractivity (Wildman–Crippen MR) is 95.3 cm³/mol. The van der Waals surface area contributed by atoms with Crippen LogP contribution in [0.5, 0.6) is 0 Å². The van der Waals surface area contributed by atoms with Crippen LogP contribution in [-0.2, 0) is 19.4 Å². The molecule has 2 aromatic rings. The maximum Gasteiger partial charge on any atom is 0.274 e. The summed E-state index contributed by atoms with van der Waals surface area (Å²) in [4.78, 5) is 12.8. The van der Waals surface area contributed by atoms with Gasteiger partial charge >= 0.3 is 0 Å². The van der Waals surface area contributed by atoms with Gasteiger partial charge in [0.05, 0.1) is 11.7 Å². The summed E-state index contributed by atoms with van der Waals surface area (Å²) in [5.74, 6) is 1.23. The van der Waals surface area contributed by atoms with Gasteiger partial charge in [0.2, 0.25) is 0 Å². The second kappa shape index (κ2) is 6.65. The molecule has 6 nitrogen and oxygen atoms in total. The standard InChI is InChI=1S/C19H28N4O2/c1-6-23-15(9-10-20-23)12(2)21-18(24)17-14-11-13(19(3,4)5)7-8-16(14)25-22-17/h9-10,12-13H,6-8,11H2,1-5H3,(H,21,24). The summed E-state index contributed by atoms with van der Waals surface area (Å²) < 4.78 is 7.35. The smallest absolute Gasteiger partial charge is 0.274 e. The quantitative estimate of drug-likeness (QED) is 0.921. The topological polar surface area (TPSA) is 73.0 Å². The van der Waals surface area contributed by atoms with Gasteiger partial charge in [-0.2, -0.15) is 5.10 Å². The number of amides is 1. The van der Waals surface area contributed by atoms with E-state index in [-0.39, 0.29) is 17.4 Å². The van der Waals surface area contributed by atoms with E-state index in [0.29, 0.717) is 11.6 Å². The zero-order valence-corrected chi connectivity index (χ0v) is 15.8. The van der Waals surface area contributed by atoms with Gasteiger partial charge in [0.1, 0.15) is 5.76 Å². The number of aromatic nitrogens is 3. The van der Waals surface area contributed by atoms with Gasteiger partial charge < -0.3 is 9.84 Å². The third-order valence-corrected chi connectivity index (χ3v) is 5.32. The molecular formula is C19H28N4O2. The van der Waals surface area contributed by atoms with Crippen LogP contribution in [0.3, 0.4) is 0 Å². The summed E-state index contributed by atoms with van der Waals surface area (Å²) >= 11 is 0. The average Bonchev–Trinajstić information content (AvgIpc) is 3.19. The second-order valence-corrected chi connectivity index (χ2v) is 8.01. The minimum absolute atomic E-state index is 0.135. The molecule has 2 atom stereocenters. The van der Waals surface area contributed by atoms with Gasteiger partial charge in [-0.25, -0.2) is 0 Å². The fraction of sp³-hybridized carbons (Fsp3) is 0.632. The summed E-state index contributed by atoms with van der Waals surface area (Å²) in [6.07, 6.45) is 4.55. The van der Waals surface area contributed by atoms with Crippen LogP contribution < -0.4 is 5.32 Å². The van der Waals surface area contributed by atoms with Gasteiger partial charge in [0.25, 0.3) is 5.91 Å². The van der Waals surface area contributed by atoms with Gasteiger partial charge in [0, 0.05) is 24.7 Å². The molecule has 1 N–H and O–H groups in total. The average molecular weight is 344 g/mol. The van der Waals surface area contributed by atoms with Crippen molar-refractivity contribution in [1.29, 1.82) is 0 Å². The first-order valence-electron chi connectivity index (χ1n) is 9.11. The lowest BCUT2D eigenvalue weighted by Crippen LogP contribution is -2.31. The van der Waals surface area contributed by atoms with E-state index in [1.165, 1.54) is 0 Å². The van der Waals surface area contributed by atoms with Crippen LogP contribution in [0.1, 0.15) is 74.6 Å². The molecule has 1 aliphatic carbocycles. The number of carbonyl (C=O) groups is 1. The normalized spacial score (nSPS) is 18.7. The highest BCUT2D eigenvalue weighted by molar-refractivity contribution is 5.94.